The number of aliphatic carboxylic acids is 1. The van der Waals surface area contributed by atoms with Crippen molar-refractivity contribution in [3.8, 4) is 0 Å². The van der Waals surface area contributed by atoms with Crippen LogP contribution in [-0.4, -0.2) is 5.97 Å². The monoisotopic (exact) mass is 325 g/mol. The van der Waals surface area contributed by atoms with Crippen LogP contribution in [0, 0.1) is 5.92 Å². The lowest BCUT2D eigenvalue weighted by atomic mass is 9.53. The number of rotatable bonds is 2. The van der Waals surface area contributed by atoms with Crippen LogP contribution in [0.5, 0.6) is 0 Å². The van der Waals surface area contributed by atoms with Gasteiger partial charge in [-0.25, -0.2) is 0 Å². The summed E-state index contributed by atoms with van der Waals surface area (Å²) in [5.74, 6) is -1.68. The Morgan fingerprint density at radius 3 is 1.56 bits per heavy atom. The van der Waals surface area contributed by atoms with Gasteiger partial charge in [-0.05, 0) is 27.8 Å². The molecule has 0 saturated carbocycles. The number of hydrogen-bond donors (Lipinski definition) is 0. The highest BCUT2D eigenvalue weighted by molar-refractivity contribution is 5.76. The van der Waals surface area contributed by atoms with Gasteiger partial charge in [-0.1, -0.05) is 78.9 Å². The van der Waals surface area contributed by atoms with E-state index in [1.165, 1.54) is 11.1 Å². The van der Waals surface area contributed by atoms with Crippen molar-refractivity contribution in [1.29, 1.82) is 0 Å². The van der Waals surface area contributed by atoms with E-state index in [1.807, 2.05) is 42.5 Å². The molecule has 0 N–H and O–H groups in total. The maximum Gasteiger partial charge on any atom is 0.0461 e. The predicted molar refractivity (Wildman–Crippen MR) is 94.3 cm³/mol. The van der Waals surface area contributed by atoms with E-state index in [0.29, 0.717) is 0 Å². The Labute approximate surface area is 146 Å². The number of carboxylic acids is 1. The summed E-state index contributed by atoms with van der Waals surface area (Å²) in [7, 11) is 0. The molecule has 0 fully saturated rings. The second kappa shape index (κ2) is 5.32. The average Bonchev–Trinajstić information content (AvgIpc) is 2.68. The first-order valence-corrected chi connectivity index (χ1v) is 8.71. The molecule has 2 atom stereocenters. The van der Waals surface area contributed by atoms with Gasteiger partial charge in [0.2, 0.25) is 0 Å². The van der Waals surface area contributed by atoms with Crippen molar-refractivity contribution >= 4 is 5.97 Å². The molecular formula is C23H17O2-. The number of carbonyl (C=O) groups is 1. The molecule has 0 unspecified atom stereocenters. The summed E-state index contributed by atoms with van der Waals surface area (Å²) in [4.78, 5) is 12.2. The van der Waals surface area contributed by atoms with E-state index in [0.717, 1.165) is 16.7 Å². The van der Waals surface area contributed by atoms with Crippen LogP contribution < -0.4 is 5.11 Å². The molecule has 3 aromatic carbocycles. The molecule has 0 radical (unpaired) electrons. The van der Waals surface area contributed by atoms with Crippen LogP contribution in [0.1, 0.15) is 45.6 Å². The van der Waals surface area contributed by atoms with Gasteiger partial charge in [0.15, 0.2) is 0 Å². The Balaban J connectivity index is 1.83. The van der Waals surface area contributed by atoms with E-state index < -0.39 is 11.9 Å². The van der Waals surface area contributed by atoms with Crippen molar-refractivity contribution in [3.05, 3.63) is 107 Å². The quantitative estimate of drug-likeness (QED) is 0.724. The molecule has 2 heteroatoms. The molecule has 0 spiro atoms. The van der Waals surface area contributed by atoms with Gasteiger partial charge < -0.3 is 9.90 Å². The average molecular weight is 325 g/mol. The zero-order valence-electron chi connectivity index (χ0n) is 13.6. The third-order valence-corrected chi connectivity index (χ3v) is 5.89. The summed E-state index contributed by atoms with van der Waals surface area (Å²) in [6.07, 6.45) is 0. The first-order chi connectivity index (χ1) is 12.3. The lowest BCUT2D eigenvalue weighted by molar-refractivity contribution is -0.313. The Kier molecular flexibility index (Phi) is 3.08. The largest absolute Gasteiger partial charge is 0.550 e. The van der Waals surface area contributed by atoms with Crippen molar-refractivity contribution in [1.82, 2.24) is 0 Å². The normalized spacial score (nSPS) is 25.9. The zero-order valence-corrected chi connectivity index (χ0v) is 13.6. The first kappa shape index (κ1) is 14.5. The van der Waals surface area contributed by atoms with Crippen molar-refractivity contribution < 1.29 is 9.90 Å². The molecule has 0 aromatic heterocycles. The fourth-order valence-electron chi connectivity index (χ4n) is 5.04. The summed E-state index contributed by atoms with van der Waals surface area (Å²) in [6.45, 7) is 0. The molecule has 6 rings (SSSR count). The number of carbonyl (C=O) groups excluding carboxylic acids is 1. The summed E-state index contributed by atoms with van der Waals surface area (Å²) < 4.78 is 0. The standard InChI is InChI=1S/C23H18O2/c24-23(25)22-19(14-8-2-1-3-9-14)20-15-10-4-6-12-17(15)21(22)18-13-7-5-11-16(18)20/h1-13,19-22H,(H,24,25)/p-1/t19-,20?,21?,22-/m1/s1. The van der Waals surface area contributed by atoms with Crippen LogP contribution in [0.25, 0.3) is 0 Å². The molecule has 122 valence electrons. The van der Waals surface area contributed by atoms with Crippen LogP contribution >= 0.6 is 0 Å². The van der Waals surface area contributed by atoms with Gasteiger partial charge in [0.25, 0.3) is 0 Å². The van der Waals surface area contributed by atoms with Crippen LogP contribution in [0.3, 0.4) is 0 Å². The highest BCUT2D eigenvalue weighted by Gasteiger charge is 2.50. The van der Waals surface area contributed by atoms with Crippen molar-refractivity contribution in [2.45, 2.75) is 17.8 Å². The smallest absolute Gasteiger partial charge is 0.0461 e. The minimum Gasteiger partial charge on any atom is -0.550 e. The van der Waals surface area contributed by atoms with Gasteiger partial charge in [0.1, 0.15) is 0 Å². The van der Waals surface area contributed by atoms with Crippen molar-refractivity contribution in [2.75, 3.05) is 0 Å². The summed E-state index contributed by atoms with van der Waals surface area (Å²) in [5.41, 5.74) is 5.89. The Morgan fingerprint density at radius 1 is 0.640 bits per heavy atom. The summed E-state index contributed by atoms with van der Waals surface area (Å²) >= 11 is 0. The van der Waals surface area contributed by atoms with E-state index in [4.69, 9.17) is 0 Å². The first-order valence-electron chi connectivity index (χ1n) is 8.71. The number of fused-ring (bicyclic) bond motifs is 1. The van der Waals surface area contributed by atoms with Crippen LogP contribution in [-0.2, 0) is 4.79 Å². The molecular weight excluding hydrogens is 308 g/mol. The zero-order chi connectivity index (χ0) is 17.0. The van der Waals surface area contributed by atoms with Gasteiger partial charge in [-0.15, -0.1) is 0 Å². The number of carboxylic acid groups (broad SMARTS) is 1. The van der Waals surface area contributed by atoms with Gasteiger partial charge in [0.05, 0.1) is 0 Å². The van der Waals surface area contributed by atoms with E-state index >= 15 is 0 Å². The second-order valence-corrected chi connectivity index (χ2v) is 6.99. The lowest BCUT2D eigenvalue weighted by Crippen LogP contribution is -2.47. The van der Waals surface area contributed by atoms with E-state index in [2.05, 4.69) is 36.4 Å². The maximum absolute atomic E-state index is 12.2. The topological polar surface area (TPSA) is 40.1 Å². The maximum atomic E-state index is 12.2. The SMILES string of the molecule is O=C([O-])[C@H]1C2c3ccccc3C(c3ccccc32)[C@H]1c1ccccc1. The molecule has 0 aliphatic heterocycles. The van der Waals surface area contributed by atoms with Gasteiger partial charge in [-0.3, -0.25) is 0 Å². The Hall–Kier alpha value is -2.87. The highest BCUT2D eigenvalue weighted by Crippen LogP contribution is 2.61. The summed E-state index contributed by atoms with van der Waals surface area (Å²) in [5, 5.41) is 12.2. The third-order valence-electron chi connectivity index (χ3n) is 5.89. The van der Waals surface area contributed by atoms with Gasteiger partial charge in [-0.2, -0.15) is 0 Å². The molecule has 0 saturated heterocycles. The van der Waals surface area contributed by atoms with Crippen molar-refractivity contribution in [2.24, 2.45) is 5.92 Å². The molecule has 0 amide bonds. The van der Waals surface area contributed by atoms with Crippen LogP contribution in [0.4, 0.5) is 0 Å². The van der Waals surface area contributed by atoms with Gasteiger partial charge >= 0.3 is 0 Å². The Morgan fingerprint density at radius 2 is 1.08 bits per heavy atom. The fraction of sp³-hybridized carbons (Fsp3) is 0.174. The van der Waals surface area contributed by atoms with Crippen LogP contribution in [0.2, 0.25) is 0 Å². The fourth-order valence-corrected chi connectivity index (χ4v) is 5.04. The second-order valence-electron chi connectivity index (χ2n) is 6.99. The molecule has 3 aliphatic carbocycles. The lowest BCUT2D eigenvalue weighted by Gasteiger charge is -2.51. The number of hydrogen-bond acceptors (Lipinski definition) is 2. The minimum absolute atomic E-state index is 0.0581. The molecule has 25 heavy (non-hydrogen) atoms. The van der Waals surface area contributed by atoms with Crippen LogP contribution in [0.15, 0.2) is 78.9 Å². The molecule has 3 aliphatic rings. The molecule has 3 aromatic rings. The Bertz CT molecular complexity index is 913. The van der Waals surface area contributed by atoms with E-state index in [9.17, 15) is 9.90 Å². The van der Waals surface area contributed by atoms with Crippen molar-refractivity contribution in [3.63, 3.8) is 0 Å². The molecule has 2 bridgehead atoms. The predicted octanol–water partition coefficient (Wildman–Crippen LogP) is 3.43. The molecule has 2 nitrogen and oxygen atoms in total. The van der Waals surface area contributed by atoms with E-state index in [1.54, 1.807) is 0 Å². The minimum atomic E-state index is -0.951. The highest BCUT2D eigenvalue weighted by atomic mass is 16.4. The number of benzene rings is 3. The van der Waals surface area contributed by atoms with E-state index in [-0.39, 0.29) is 17.8 Å². The van der Waals surface area contributed by atoms with Gasteiger partial charge in [0, 0.05) is 29.6 Å². The molecule has 0 heterocycles. The third kappa shape index (κ3) is 1.94. The summed E-state index contributed by atoms with van der Waals surface area (Å²) in [6, 6.07) is 26.6.